The van der Waals surface area contributed by atoms with Crippen LogP contribution in [0.5, 0.6) is 11.5 Å². The van der Waals surface area contributed by atoms with Crippen molar-refractivity contribution in [2.75, 3.05) is 0 Å². The summed E-state index contributed by atoms with van der Waals surface area (Å²) >= 11 is 1.89. The molecule has 0 heterocycles. The molecule has 0 aliphatic rings. The number of carbonyl (C=O) groups excluding carboxylic acids is 3. The lowest BCUT2D eigenvalue weighted by molar-refractivity contribution is 0.0203. The fraction of sp³-hybridized carbons (Fsp3) is 0.471. The molecule has 0 saturated carbocycles. The molecule has 0 aromatic heterocycles. The Morgan fingerprint density at radius 3 is 1.72 bits per heavy atom. The SMILES string of the molecule is CC(C)(C)OC(=O)Oc1cc(OC(=O)OC(C)(C)C)c(C=O)cc1I. The lowest BCUT2D eigenvalue weighted by atomic mass is 10.2. The highest BCUT2D eigenvalue weighted by molar-refractivity contribution is 14.1. The third kappa shape index (κ3) is 7.72. The van der Waals surface area contributed by atoms with Crippen LogP contribution in [0, 0.1) is 3.57 Å². The average Bonchev–Trinajstić information content (AvgIpc) is 2.37. The van der Waals surface area contributed by atoms with E-state index in [1.807, 2.05) is 22.6 Å². The molecule has 0 bridgehead atoms. The van der Waals surface area contributed by atoms with Gasteiger partial charge in [0.1, 0.15) is 17.0 Å². The molecule has 1 aromatic rings. The predicted octanol–water partition coefficient (Wildman–Crippen LogP) is 4.73. The van der Waals surface area contributed by atoms with Gasteiger partial charge in [-0.15, -0.1) is 0 Å². The van der Waals surface area contributed by atoms with Gasteiger partial charge in [0, 0.05) is 6.07 Å². The number of hydrogen-bond acceptors (Lipinski definition) is 7. The van der Waals surface area contributed by atoms with Crippen molar-refractivity contribution in [1.29, 1.82) is 0 Å². The Kier molecular flexibility index (Phi) is 6.81. The molecule has 7 nitrogen and oxygen atoms in total. The summed E-state index contributed by atoms with van der Waals surface area (Å²) in [5.41, 5.74) is -1.36. The Hall–Kier alpha value is -1.84. The van der Waals surface area contributed by atoms with E-state index in [4.69, 9.17) is 18.9 Å². The molecule has 1 rings (SSSR count). The Labute approximate surface area is 160 Å². The Morgan fingerprint density at radius 1 is 0.880 bits per heavy atom. The van der Waals surface area contributed by atoms with Gasteiger partial charge in [0.25, 0.3) is 0 Å². The standard InChI is InChI=1S/C17H21IO7/c1-16(2,3)24-14(20)22-12-8-13(11(18)7-10(12)9-19)23-15(21)25-17(4,5)6/h7-9H,1-6H3. The van der Waals surface area contributed by atoms with Crippen molar-refractivity contribution in [3.63, 3.8) is 0 Å². The highest BCUT2D eigenvalue weighted by atomic mass is 127. The van der Waals surface area contributed by atoms with Crippen LogP contribution in [-0.4, -0.2) is 29.8 Å². The second kappa shape index (κ2) is 8.03. The first-order chi connectivity index (χ1) is 11.3. The van der Waals surface area contributed by atoms with Crippen molar-refractivity contribution >= 4 is 41.2 Å². The van der Waals surface area contributed by atoms with Crippen LogP contribution in [0.2, 0.25) is 0 Å². The van der Waals surface area contributed by atoms with Crippen molar-refractivity contribution in [3.05, 3.63) is 21.3 Å². The molecule has 0 radical (unpaired) electrons. The molecule has 138 valence electrons. The largest absolute Gasteiger partial charge is 0.514 e. The fourth-order valence-corrected chi connectivity index (χ4v) is 2.13. The van der Waals surface area contributed by atoms with E-state index in [0.29, 0.717) is 9.86 Å². The first-order valence-corrected chi connectivity index (χ1v) is 8.49. The number of ether oxygens (including phenoxy) is 4. The van der Waals surface area contributed by atoms with Gasteiger partial charge in [0.2, 0.25) is 0 Å². The van der Waals surface area contributed by atoms with Crippen molar-refractivity contribution in [1.82, 2.24) is 0 Å². The average molecular weight is 464 g/mol. The number of aldehydes is 1. The zero-order valence-corrected chi connectivity index (χ0v) is 17.1. The maximum absolute atomic E-state index is 11.8. The maximum Gasteiger partial charge on any atom is 0.514 e. The van der Waals surface area contributed by atoms with Gasteiger partial charge < -0.3 is 18.9 Å². The van der Waals surface area contributed by atoms with Crippen molar-refractivity contribution in [3.8, 4) is 11.5 Å². The van der Waals surface area contributed by atoms with E-state index in [2.05, 4.69) is 0 Å². The zero-order chi connectivity index (χ0) is 19.4. The lowest BCUT2D eigenvalue weighted by Crippen LogP contribution is -2.27. The second-order valence-electron chi connectivity index (χ2n) is 7.07. The highest BCUT2D eigenvalue weighted by Gasteiger charge is 2.23. The van der Waals surface area contributed by atoms with Gasteiger partial charge in [-0.3, -0.25) is 4.79 Å². The monoisotopic (exact) mass is 464 g/mol. The summed E-state index contributed by atoms with van der Waals surface area (Å²) in [5.74, 6) is 0.0160. The van der Waals surface area contributed by atoms with Crippen LogP contribution in [0.3, 0.4) is 0 Å². The van der Waals surface area contributed by atoms with E-state index < -0.39 is 23.5 Å². The number of hydrogen-bond donors (Lipinski definition) is 0. The summed E-state index contributed by atoms with van der Waals surface area (Å²) in [5, 5.41) is 0. The Morgan fingerprint density at radius 2 is 1.32 bits per heavy atom. The van der Waals surface area contributed by atoms with Crippen molar-refractivity contribution < 1.29 is 33.3 Å². The molecule has 0 fully saturated rings. The first-order valence-electron chi connectivity index (χ1n) is 7.41. The summed E-state index contributed by atoms with van der Waals surface area (Å²) in [6.45, 7) is 10.1. The van der Waals surface area contributed by atoms with Crippen LogP contribution < -0.4 is 9.47 Å². The topological polar surface area (TPSA) is 88.1 Å². The van der Waals surface area contributed by atoms with Gasteiger partial charge in [-0.1, -0.05) is 0 Å². The van der Waals surface area contributed by atoms with E-state index >= 15 is 0 Å². The van der Waals surface area contributed by atoms with Gasteiger partial charge in [-0.05, 0) is 70.2 Å². The molecule has 0 spiro atoms. The minimum absolute atomic E-state index is 0.0803. The Bertz CT molecular complexity index is 669. The lowest BCUT2D eigenvalue weighted by Gasteiger charge is -2.20. The van der Waals surface area contributed by atoms with Gasteiger partial charge in [0.05, 0.1) is 9.13 Å². The Balaban J connectivity index is 3.04. The van der Waals surface area contributed by atoms with Crippen LogP contribution in [0.25, 0.3) is 0 Å². The van der Waals surface area contributed by atoms with Gasteiger partial charge in [0.15, 0.2) is 12.0 Å². The molecular formula is C17H21IO7. The smallest absolute Gasteiger partial charge is 0.428 e. The minimum atomic E-state index is -0.972. The molecule has 0 aliphatic heterocycles. The summed E-state index contributed by atoms with van der Waals surface area (Å²) < 4.78 is 20.8. The molecule has 1 aromatic carbocycles. The number of carbonyl (C=O) groups is 3. The van der Waals surface area contributed by atoms with Crippen LogP contribution in [0.15, 0.2) is 12.1 Å². The molecule has 0 aliphatic carbocycles. The molecule has 8 heteroatoms. The number of halogens is 1. The van der Waals surface area contributed by atoms with E-state index in [-0.39, 0.29) is 17.1 Å². The zero-order valence-electron chi connectivity index (χ0n) is 15.0. The summed E-state index contributed by atoms with van der Waals surface area (Å²) in [4.78, 5) is 34.8. The molecule has 0 N–H and O–H groups in total. The number of benzene rings is 1. The minimum Gasteiger partial charge on any atom is -0.428 e. The van der Waals surface area contributed by atoms with E-state index in [0.717, 1.165) is 0 Å². The second-order valence-corrected chi connectivity index (χ2v) is 8.23. The van der Waals surface area contributed by atoms with E-state index in [1.54, 1.807) is 41.5 Å². The third-order valence-electron chi connectivity index (χ3n) is 2.36. The van der Waals surface area contributed by atoms with Crippen LogP contribution >= 0.6 is 22.6 Å². The highest BCUT2D eigenvalue weighted by Crippen LogP contribution is 2.31. The molecule has 25 heavy (non-hydrogen) atoms. The number of rotatable bonds is 3. The van der Waals surface area contributed by atoms with Crippen molar-refractivity contribution in [2.24, 2.45) is 0 Å². The molecule has 0 amide bonds. The quantitative estimate of drug-likeness (QED) is 0.277. The predicted molar refractivity (Wildman–Crippen MR) is 98.3 cm³/mol. The summed E-state index contributed by atoms with van der Waals surface area (Å²) in [6, 6.07) is 2.69. The van der Waals surface area contributed by atoms with Crippen LogP contribution in [-0.2, 0) is 9.47 Å². The molecule has 0 saturated heterocycles. The van der Waals surface area contributed by atoms with Gasteiger partial charge in [-0.25, -0.2) is 9.59 Å². The summed E-state index contributed by atoms with van der Waals surface area (Å²) in [6.07, 6.45) is -1.36. The van der Waals surface area contributed by atoms with Crippen molar-refractivity contribution in [2.45, 2.75) is 52.7 Å². The first kappa shape index (κ1) is 21.2. The fourth-order valence-electron chi connectivity index (χ4n) is 1.53. The molecule has 0 atom stereocenters. The van der Waals surface area contributed by atoms with Gasteiger partial charge >= 0.3 is 12.3 Å². The third-order valence-corrected chi connectivity index (χ3v) is 3.20. The van der Waals surface area contributed by atoms with Crippen LogP contribution in [0.4, 0.5) is 9.59 Å². The van der Waals surface area contributed by atoms with Crippen LogP contribution in [0.1, 0.15) is 51.9 Å². The van der Waals surface area contributed by atoms with E-state index in [9.17, 15) is 14.4 Å². The normalized spacial score (nSPS) is 11.5. The van der Waals surface area contributed by atoms with Gasteiger partial charge in [-0.2, -0.15) is 0 Å². The molecular weight excluding hydrogens is 443 g/mol. The van der Waals surface area contributed by atoms with E-state index in [1.165, 1.54) is 12.1 Å². The molecule has 0 unspecified atom stereocenters. The maximum atomic E-state index is 11.8. The summed E-state index contributed by atoms with van der Waals surface area (Å²) in [7, 11) is 0.